The lowest BCUT2D eigenvalue weighted by atomic mass is 9.87. The van der Waals surface area contributed by atoms with Crippen molar-refractivity contribution < 1.29 is 5.11 Å². The Kier molecular flexibility index (Phi) is 4.15. The maximum Gasteiger partial charge on any atom is 0.0830 e. The predicted octanol–water partition coefficient (Wildman–Crippen LogP) is 3.93. The third-order valence-corrected chi connectivity index (χ3v) is 3.78. The molecule has 2 aromatic carbocycles. The molecule has 0 heterocycles. The molecular formula is C18H23NO. The fraction of sp³-hybridized carbons (Fsp3) is 0.333. The Hall–Kier alpha value is -1.80. The van der Waals surface area contributed by atoms with Crippen molar-refractivity contribution in [3.8, 4) is 0 Å². The molecule has 0 aromatic heterocycles. The highest BCUT2D eigenvalue weighted by atomic mass is 16.3. The molecule has 0 saturated carbocycles. The Morgan fingerprint density at radius 3 is 2.15 bits per heavy atom. The van der Waals surface area contributed by atoms with Crippen molar-refractivity contribution in [2.24, 2.45) is 0 Å². The van der Waals surface area contributed by atoms with Gasteiger partial charge in [0, 0.05) is 5.69 Å². The number of rotatable bonds is 4. The van der Waals surface area contributed by atoms with Crippen molar-refractivity contribution in [2.45, 2.75) is 33.2 Å². The number of aliphatic hydroxyl groups is 1. The molecule has 1 unspecified atom stereocenters. The summed E-state index contributed by atoms with van der Waals surface area (Å²) in [5.74, 6) is 0. The SMILES string of the molecule is Cc1ccc(NC(C)(CO)c2cc(C)ccc2C)cc1. The highest BCUT2D eigenvalue weighted by Crippen LogP contribution is 2.29. The van der Waals surface area contributed by atoms with Crippen LogP contribution in [0.2, 0.25) is 0 Å². The summed E-state index contributed by atoms with van der Waals surface area (Å²) in [6.45, 7) is 8.31. The second kappa shape index (κ2) is 5.68. The summed E-state index contributed by atoms with van der Waals surface area (Å²) in [6.07, 6.45) is 0. The standard InChI is InChI=1S/C18H23NO/c1-13-6-9-16(10-7-13)19-18(4,12-20)17-11-14(2)5-8-15(17)3/h5-11,19-20H,12H2,1-4H3. The van der Waals surface area contributed by atoms with E-state index < -0.39 is 5.54 Å². The molecule has 0 fully saturated rings. The number of benzene rings is 2. The molecule has 2 N–H and O–H groups in total. The van der Waals surface area contributed by atoms with Gasteiger partial charge in [-0.1, -0.05) is 41.5 Å². The van der Waals surface area contributed by atoms with Gasteiger partial charge in [-0.3, -0.25) is 0 Å². The molecule has 2 heteroatoms. The van der Waals surface area contributed by atoms with E-state index in [1.165, 1.54) is 16.7 Å². The minimum atomic E-state index is -0.481. The first kappa shape index (κ1) is 14.6. The fourth-order valence-corrected chi connectivity index (χ4v) is 2.48. The van der Waals surface area contributed by atoms with E-state index in [1.54, 1.807) is 0 Å². The van der Waals surface area contributed by atoms with Crippen LogP contribution in [0.25, 0.3) is 0 Å². The molecule has 0 aliphatic carbocycles. The van der Waals surface area contributed by atoms with Crippen molar-refractivity contribution >= 4 is 5.69 Å². The van der Waals surface area contributed by atoms with Crippen LogP contribution in [0.1, 0.15) is 29.2 Å². The lowest BCUT2D eigenvalue weighted by Crippen LogP contribution is -2.36. The van der Waals surface area contributed by atoms with E-state index in [1.807, 2.05) is 19.1 Å². The zero-order valence-corrected chi connectivity index (χ0v) is 12.7. The summed E-state index contributed by atoms with van der Waals surface area (Å²) < 4.78 is 0. The predicted molar refractivity (Wildman–Crippen MR) is 85.2 cm³/mol. The van der Waals surface area contributed by atoms with Gasteiger partial charge in [0.25, 0.3) is 0 Å². The minimum Gasteiger partial charge on any atom is -0.394 e. The van der Waals surface area contributed by atoms with Crippen LogP contribution in [0.4, 0.5) is 5.69 Å². The molecule has 0 spiro atoms. The highest BCUT2D eigenvalue weighted by molar-refractivity contribution is 5.50. The molecule has 0 amide bonds. The van der Waals surface area contributed by atoms with Crippen molar-refractivity contribution in [1.29, 1.82) is 0 Å². The van der Waals surface area contributed by atoms with E-state index in [4.69, 9.17) is 0 Å². The van der Waals surface area contributed by atoms with Crippen LogP contribution < -0.4 is 5.32 Å². The van der Waals surface area contributed by atoms with Gasteiger partial charge < -0.3 is 10.4 Å². The first-order valence-corrected chi connectivity index (χ1v) is 6.98. The zero-order valence-electron chi connectivity index (χ0n) is 12.7. The summed E-state index contributed by atoms with van der Waals surface area (Å²) in [7, 11) is 0. The lowest BCUT2D eigenvalue weighted by Gasteiger charge is -2.32. The number of anilines is 1. The van der Waals surface area contributed by atoms with Gasteiger partial charge in [-0.15, -0.1) is 0 Å². The van der Waals surface area contributed by atoms with Gasteiger partial charge in [0.05, 0.1) is 12.1 Å². The van der Waals surface area contributed by atoms with Crippen LogP contribution in [0.5, 0.6) is 0 Å². The largest absolute Gasteiger partial charge is 0.394 e. The molecule has 20 heavy (non-hydrogen) atoms. The first-order chi connectivity index (χ1) is 9.44. The van der Waals surface area contributed by atoms with Crippen molar-refractivity contribution in [3.05, 3.63) is 64.7 Å². The molecule has 0 bridgehead atoms. The van der Waals surface area contributed by atoms with Crippen LogP contribution in [0.3, 0.4) is 0 Å². The third-order valence-electron chi connectivity index (χ3n) is 3.78. The summed E-state index contributed by atoms with van der Waals surface area (Å²) in [4.78, 5) is 0. The number of aryl methyl sites for hydroxylation is 3. The Bertz CT molecular complexity index is 589. The highest BCUT2D eigenvalue weighted by Gasteiger charge is 2.27. The number of aliphatic hydroxyl groups excluding tert-OH is 1. The van der Waals surface area contributed by atoms with Crippen LogP contribution >= 0.6 is 0 Å². The maximum absolute atomic E-state index is 9.91. The average Bonchev–Trinajstić information content (AvgIpc) is 2.44. The topological polar surface area (TPSA) is 32.3 Å². The second-order valence-corrected chi connectivity index (χ2v) is 5.80. The van der Waals surface area contributed by atoms with E-state index in [0.29, 0.717) is 0 Å². The minimum absolute atomic E-state index is 0.0468. The fourth-order valence-electron chi connectivity index (χ4n) is 2.48. The molecule has 0 aliphatic heterocycles. The van der Waals surface area contributed by atoms with Gasteiger partial charge in [-0.25, -0.2) is 0 Å². The molecular weight excluding hydrogens is 246 g/mol. The van der Waals surface area contributed by atoms with Gasteiger partial charge in [0.1, 0.15) is 0 Å². The Morgan fingerprint density at radius 1 is 0.950 bits per heavy atom. The smallest absolute Gasteiger partial charge is 0.0830 e. The van der Waals surface area contributed by atoms with Gasteiger partial charge in [-0.2, -0.15) is 0 Å². The van der Waals surface area contributed by atoms with E-state index >= 15 is 0 Å². The molecule has 2 nitrogen and oxygen atoms in total. The number of nitrogens with one attached hydrogen (secondary N) is 1. The molecule has 0 radical (unpaired) electrons. The van der Waals surface area contributed by atoms with E-state index in [9.17, 15) is 5.11 Å². The number of hydrogen-bond acceptors (Lipinski definition) is 2. The van der Waals surface area contributed by atoms with Crippen LogP contribution in [0, 0.1) is 20.8 Å². The molecule has 2 aromatic rings. The Balaban J connectivity index is 2.37. The summed E-state index contributed by atoms with van der Waals surface area (Å²) in [6, 6.07) is 14.6. The van der Waals surface area contributed by atoms with Crippen LogP contribution in [-0.2, 0) is 5.54 Å². The molecule has 1 atom stereocenters. The van der Waals surface area contributed by atoms with Gasteiger partial charge in [0.2, 0.25) is 0 Å². The average molecular weight is 269 g/mol. The first-order valence-electron chi connectivity index (χ1n) is 6.98. The summed E-state index contributed by atoms with van der Waals surface area (Å²) in [5, 5.41) is 13.4. The van der Waals surface area contributed by atoms with Gasteiger partial charge in [0.15, 0.2) is 0 Å². The maximum atomic E-state index is 9.91. The van der Waals surface area contributed by atoms with E-state index in [2.05, 4.69) is 56.4 Å². The van der Waals surface area contributed by atoms with Crippen LogP contribution in [0.15, 0.2) is 42.5 Å². The van der Waals surface area contributed by atoms with Crippen molar-refractivity contribution in [1.82, 2.24) is 0 Å². The zero-order chi connectivity index (χ0) is 14.8. The quantitative estimate of drug-likeness (QED) is 0.881. The van der Waals surface area contributed by atoms with Gasteiger partial charge in [-0.05, 0) is 51.0 Å². The molecule has 0 saturated heterocycles. The van der Waals surface area contributed by atoms with Crippen molar-refractivity contribution in [2.75, 3.05) is 11.9 Å². The van der Waals surface area contributed by atoms with Gasteiger partial charge >= 0.3 is 0 Å². The summed E-state index contributed by atoms with van der Waals surface area (Å²) >= 11 is 0. The third kappa shape index (κ3) is 3.02. The lowest BCUT2D eigenvalue weighted by molar-refractivity contribution is 0.223. The van der Waals surface area contributed by atoms with E-state index in [-0.39, 0.29) is 6.61 Å². The monoisotopic (exact) mass is 269 g/mol. The summed E-state index contributed by atoms with van der Waals surface area (Å²) in [5.41, 5.74) is 5.30. The molecule has 106 valence electrons. The Morgan fingerprint density at radius 2 is 1.55 bits per heavy atom. The normalized spacial score (nSPS) is 13.8. The Labute approximate surface area is 121 Å². The second-order valence-electron chi connectivity index (χ2n) is 5.80. The molecule has 0 aliphatic rings. The van der Waals surface area contributed by atoms with Crippen LogP contribution in [-0.4, -0.2) is 11.7 Å². The molecule has 2 rings (SSSR count). The van der Waals surface area contributed by atoms with E-state index in [0.717, 1.165) is 11.3 Å². The number of hydrogen-bond donors (Lipinski definition) is 2. The van der Waals surface area contributed by atoms with Crippen molar-refractivity contribution in [3.63, 3.8) is 0 Å².